The van der Waals surface area contributed by atoms with Crippen molar-refractivity contribution in [2.24, 2.45) is 5.10 Å². The Hall–Kier alpha value is -2.23. The maximum absolute atomic E-state index is 13.2. The Morgan fingerprint density at radius 2 is 1.97 bits per heavy atom. The van der Waals surface area contributed by atoms with Crippen molar-refractivity contribution in [2.45, 2.75) is 32.8 Å². The van der Waals surface area contributed by atoms with Crippen molar-refractivity contribution in [2.75, 3.05) is 0 Å². The SMILES string of the molecule is CC(C)c1nc2ccc(Br)cc2c(=O)n1N=Cc1cc(Cl)cc(Br)c1O[C@@H](C)C(=O)O. The number of nitrogens with zero attached hydrogens (tertiary/aromatic N) is 3. The molecule has 0 spiro atoms. The van der Waals surface area contributed by atoms with Gasteiger partial charge in [-0.1, -0.05) is 41.4 Å². The predicted molar refractivity (Wildman–Crippen MR) is 128 cm³/mol. The van der Waals surface area contributed by atoms with Gasteiger partial charge in [0.25, 0.3) is 5.56 Å². The second kappa shape index (κ2) is 9.50. The van der Waals surface area contributed by atoms with Crippen LogP contribution in [0.15, 0.2) is 49.2 Å². The van der Waals surface area contributed by atoms with E-state index < -0.39 is 12.1 Å². The van der Waals surface area contributed by atoms with Gasteiger partial charge in [0.15, 0.2) is 6.10 Å². The zero-order chi connectivity index (χ0) is 22.9. The molecule has 162 valence electrons. The molecule has 0 aliphatic rings. The van der Waals surface area contributed by atoms with E-state index in [0.717, 1.165) is 4.47 Å². The average Bonchev–Trinajstić information content (AvgIpc) is 2.69. The maximum atomic E-state index is 13.2. The van der Waals surface area contributed by atoms with Gasteiger partial charge in [-0.25, -0.2) is 9.78 Å². The molecule has 1 N–H and O–H groups in total. The molecule has 3 rings (SSSR count). The molecule has 2 aromatic carbocycles. The first-order chi connectivity index (χ1) is 14.6. The van der Waals surface area contributed by atoms with Gasteiger partial charge in [-0.05, 0) is 53.2 Å². The van der Waals surface area contributed by atoms with Crippen LogP contribution >= 0.6 is 43.5 Å². The van der Waals surface area contributed by atoms with Crippen molar-refractivity contribution in [1.29, 1.82) is 0 Å². The summed E-state index contributed by atoms with van der Waals surface area (Å²) in [6.45, 7) is 5.24. The van der Waals surface area contributed by atoms with Crippen LogP contribution in [-0.2, 0) is 4.79 Å². The fourth-order valence-corrected chi connectivity index (χ4v) is 4.09. The summed E-state index contributed by atoms with van der Waals surface area (Å²) in [6.07, 6.45) is 0.303. The Morgan fingerprint density at radius 1 is 1.26 bits per heavy atom. The third-order valence-electron chi connectivity index (χ3n) is 4.34. The van der Waals surface area contributed by atoms with Crippen LogP contribution in [0.2, 0.25) is 5.02 Å². The van der Waals surface area contributed by atoms with Crippen molar-refractivity contribution >= 4 is 66.5 Å². The van der Waals surface area contributed by atoms with Crippen LogP contribution in [0.1, 0.15) is 38.1 Å². The number of ether oxygens (including phenoxy) is 1. The monoisotopic (exact) mass is 569 g/mol. The van der Waals surface area contributed by atoms with E-state index in [1.54, 1.807) is 24.3 Å². The second-order valence-electron chi connectivity index (χ2n) is 7.05. The van der Waals surface area contributed by atoms with Gasteiger partial charge in [0, 0.05) is 21.0 Å². The summed E-state index contributed by atoms with van der Waals surface area (Å²) in [5, 5.41) is 14.4. The minimum atomic E-state index is -1.12. The molecule has 1 atom stereocenters. The van der Waals surface area contributed by atoms with E-state index in [4.69, 9.17) is 16.3 Å². The van der Waals surface area contributed by atoms with E-state index in [1.165, 1.54) is 17.8 Å². The molecule has 0 fully saturated rings. The van der Waals surface area contributed by atoms with E-state index in [-0.39, 0.29) is 17.2 Å². The summed E-state index contributed by atoms with van der Waals surface area (Å²) in [5.74, 6) is -0.462. The molecule has 0 amide bonds. The molecule has 0 saturated heterocycles. The number of hydrogen-bond acceptors (Lipinski definition) is 5. The average molecular weight is 572 g/mol. The Kier molecular flexibility index (Phi) is 7.18. The summed E-state index contributed by atoms with van der Waals surface area (Å²) in [7, 11) is 0. The van der Waals surface area contributed by atoms with Crippen molar-refractivity contribution in [1.82, 2.24) is 9.66 Å². The molecule has 1 heterocycles. The van der Waals surface area contributed by atoms with Gasteiger partial charge in [0.05, 0.1) is 21.6 Å². The minimum Gasteiger partial charge on any atom is -0.479 e. The van der Waals surface area contributed by atoms with Crippen LogP contribution in [-0.4, -0.2) is 33.1 Å². The first-order valence-electron chi connectivity index (χ1n) is 9.23. The van der Waals surface area contributed by atoms with Crippen LogP contribution < -0.4 is 10.3 Å². The lowest BCUT2D eigenvalue weighted by Crippen LogP contribution is -2.24. The van der Waals surface area contributed by atoms with Gasteiger partial charge in [-0.2, -0.15) is 9.78 Å². The van der Waals surface area contributed by atoms with Crippen LogP contribution in [0.3, 0.4) is 0 Å². The molecule has 0 saturated carbocycles. The highest BCUT2D eigenvalue weighted by Crippen LogP contribution is 2.33. The van der Waals surface area contributed by atoms with Gasteiger partial charge < -0.3 is 9.84 Å². The van der Waals surface area contributed by atoms with Crippen molar-refractivity contribution in [3.63, 3.8) is 0 Å². The largest absolute Gasteiger partial charge is 0.479 e. The number of hydrogen-bond donors (Lipinski definition) is 1. The molecule has 31 heavy (non-hydrogen) atoms. The Labute approximate surface area is 200 Å². The first-order valence-corrected chi connectivity index (χ1v) is 11.2. The van der Waals surface area contributed by atoms with Crippen molar-refractivity contribution < 1.29 is 14.6 Å². The Morgan fingerprint density at radius 3 is 2.61 bits per heavy atom. The molecule has 3 aromatic rings. The summed E-state index contributed by atoms with van der Waals surface area (Å²) < 4.78 is 8.02. The van der Waals surface area contributed by atoms with Gasteiger partial charge in [0.2, 0.25) is 0 Å². The van der Waals surface area contributed by atoms with E-state index in [1.807, 2.05) is 19.9 Å². The van der Waals surface area contributed by atoms with E-state index in [2.05, 4.69) is 41.9 Å². The zero-order valence-corrected chi connectivity index (χ0v) is 20.7. The van der Waals surface area contributed by atoms with E-state index in [0.29, 0.717) is 31.8 Å². The van der Waals surface area contributed by atoms with Gasteiger partial charge >= 0.3 is 5.97 Å². The van der Waals surface area contributed by atoms with Crippen molar-refractivity contribution in [3.05, 3.63) is 66.0 Å². The standard InChI is InChI=1S/C21H18Br2ClN3O4/c1-10(2)19-26-17-5-4-13(22)7-15(17)20(28)27(19)25-9-12-6-14(24)8-16(23)18(12)31-11(3)21(29)30/h4-11H,1-3H3,(H,29,30)/t11-/m0/s1. The smallest absolute Gasteiger partial charge is 0.344 e. The molecule has 0 aliphatic carbocycles. The molecule has 0 radical (unpaired) electrons. The topological polar surface area (TPSA) is 93.8 Å². The van der Waals surface area contributed by atoms with Crippen LogP contribution in [0.25, 0.3) is 10.9 Å². The zero-order valence-electron chi connectivity index (χ0n) is 16.8. The molecular formula is C21H18Br2ClN3O4. The summed E-state index contributed by atoms with van der Waals surface area (Å²) >= 11 is 12.9. The maximum Gasteiger partial charge on any atom is 0.344 e. The van der Waals surface area contributed by atoms with Crippen LogP contribution in [0, 0.1) is 0 Å². The highest BCUT2D eigenvalue weighted by Gasteiger charge is 2.18. The lowest BCUT2D eigenvalue weighted by Gasteiger charge is -2.15. The lowest BCUT2D eigenvalue weighted by atomic mass is 10.2. The van der Waals surface area contributed by atoms with Crippen LogP contribution in [0.4, 0.5) is 0 Å². The van der Waals surface area contributed by atoms with Gasteiger partial charge in [-0.15, -0.1) is 0 Å². The summed E-state index contributed by atoms with van der Waals surface area (Å²) in [5.41, 5.74) is 0.658. The minimum absolute atomic E-state index is 0.0771. The van der Waals surface area contributed by atoms with Gasteiger partial charge in [0.1, 0.15) is 11.6 Å². The lowest BCUT2D eigenvalue weighted by molar-refractivity contribution is -0.144. The first kappa shape index (κ1) is 23.4. The quantitative estimate of drug-likeness (QED) is 0.398. The number of carbonyl (C=O) groups is 1. The third-order valence-corrected chi connectivity index (χ3v) is 5.64. The second-order valence-corrected chi connectivity index (χ2v) is 9.26. The Balaban J connectivity index is 2.17. The summed E-state index contributed by atoms with van der Waals surface area (Å²) in [4.78, 5) is 29.0. The third kappa shape index (κ3) is 5.16. The fourth-order valence-electron chi connectivity index (χ4n) is 2.80. The number of halogens is 3. The van der Waals surface area contributed by atoms with Gasteiger partial charge in [-0.3, -0.25) is 4.79 Å². The van der Waals surface area contributed by atoms with E-state index >= 15 is 0 Å². The number of benzene rings is 2. The molecule has 7 nitrogen and oxygen atoms in total. The van der Waals surface area contributed by atoms with Crippen molar-refractivity contribution in [3.8, 4) is 5.75 Å². The molecule has 0 aliphatic heterocycles. The molecule has 10 heteroatoms. The van der Waals surface area contributed by atoms with Crippen LogP contribution in [0.5, 0.6) is 5.75 Å². The normalized spacial score (nSPS) is 12.6. The highest BCUT2D eigenvalue weighted by molar-refractivity contribution is 9.10. The molecule has 1 aromatic heterocycles. The number of carboxylic acids is 1. The fraction of sp³-hybridized carbons (Fsp3) is 0.238. The number of fused-ring (bicyclic) bond motifs is 1. The van der Waals surface area contributed by atoms with E-state index in [9.17, 15) is 14.7 Å². The highest BCUT2D eigenvalue weighted by atomic mass is 79.9. The summed E-state index contributed by atoms with van der Waals surface area (Å²) in [6, 6.07) is 8.45. The number of aromatic nitrogens is 2. The number of carboxylic acid groups (broad SMARTS) is 1. The Bertz CT molecular complexity index is 1260. The molecule has 0 bridgehead atoms. The number of rotatable bonds is 6. The molecular weight excluding hydrogens is 554 g/mol. The number of aliphatic carboxylic acids is 1. The predicted octanol–water partition coefficient (Wildman–Crippen LogP) is 5.43. The molecule has 0 unspecified atom stereocenters.